The van der Waals surface area contributed by atoms with E-state index in [1.807, 2.05) is 0 Å². The summed E-state index contributed by atoms with van der Waals surface area (Å²) in [5, 5.41) is 11.6. The van der Waals surface area contributed by atoms with Crippen molar-refractivity contribution in [3.8, 4) is 0 Å². The van der Waals surface area contributed by atoms with Crippen LogP contribution in [0.3, 0.4) is 0 Å². The fourth-order valence-corrected chi connectivity index (χ4v) is 4.36. The van der Waals surface area contributed by atoms with Gasteiger partial charge in [0.15, 0.2) is 0 Å². The van der Waals surface area contributed by atoms with Gasteiger partial charge in [-0.1, -0.05) is 6.92 Å². The SMILES string of the molecule is CCNCc1nnc(C2C3C4CCC(C4)C23)o1. The second kappa shape index (κ2) is 3.55. The summed E-state index contributed by atoms with van der Waals surface area (Å²) in [4.78, 5) is 0. The molecule has 4 atom stereocenters. The standard InChI is InChI=1S/C13H19N3O/c1-2-14-6-9-15-16-13(17-9)12-10-7-3-4-8(5-7)11(10)12/h7-8,10-12,14H,2-6H2,1H3. The lowest BCUT2D eigenvalue weighted by molar-refractivity contribution is 0.402. The van der Waals surface area contributed by atoms with Crippen molar-refractivity contribution in [2.24, 2.45) is 23.7 Å². The van der Waals surface area contributed by atoms with Gasteiger partial charge in [0, 0.05) is 5.92 Å². The smallest absolute Gasteiger partial charge is 0.230 e. The highest BCUT2D eigenvalue weighted by Gasteiger charge is 2.67. The average Bonchev–Trinajstić information content (AvgIpc) is 2.78. The van der Waals surface area contributed by atoms with Gasteiger partial charge < -0.3 is 9.73 Å². The van der Waals surface area contributed by atoms with Crippen LogP contribution in [-0.4, -0.2) is 16.7 Å². The van der Waals surface area contributed by atoms with Crippen LogP contribution in [0, 0.1) is 23.7 Å². The number of aromatic nitrogens is 2. The molecule has 1 N–H and O–H groups in total. The first-order valence-corrected chi connectivity index (χ1v) is 6.91. The van der Waals surface area contributed by atoms with Crippen molar-refractivity contribution in [3.05, 3.63) is 11.8 Å². The van der Waals surface area contributed by atoms with Crippen LogP contribution in [0.2, 0.25) is 0 Å². The molecule has 0 radical (unpaired) electrons. The highest BCUT2D eigenvalue weighted by molar-refractivity contribution is 5.22. The van der Waals surface area contributed by atoms with Crippen LogP contribution in [0.1, 0.15) is 43.9 Å². The summed E-state index contributed by atoms with van der Waals surface area (Å²) >= 11 is 0. The van der Waals surface area contributed by atoms with E-state index in [-0.39, 0.29) is 0 Å². The molecule has 4 rings (SSSR count). The van der Waals surface area contributed by atoms with Gasteiger partial charge in [-0.3, -0.25) is 0 Å². The Bertz CT molecular complexity index is 414. The minimum Gasteiger partial charge on any atom is -0.424 e. The number of rotatable bonds is 4. The molecule has 2 bridgehead atoms. The minimum absolute atomic E-state index is 0.615. The van der Waals surface area contributed by atoms with Gasteiger partial charge in [-0.15, -0.1) is 10.2 Å². The lowest BCUT2D eigenvalue weighted by Gasteiger charge is -2.04. The third-order valence-corrected chi connectivity index (χ3v) is 5.03. The molecular weight excluding hydrogens is 214 g/mol. The Morgan fingerprint density at radius 3 is 2.71 bits per heavy atom. The fraction of sp³-hybridized carbons (Fsp3) is 0.846. The highest BCUT2D eigenvalue weighted by atomic mass is 16.4. The number of hydrogen-bond acceptors (Lipinski definition) is 4. The third kappa shape index (κ3) is 1.39. The van der Waals surface area contributed by atoms with Crippen LogP contribution in [0.5, 0.6) is 0 Å². The molecular formula is C13H19N3O. The normalized spacial score (nSPS) is 41.8. The van der Waals surface area contributed by atoms with E-state index in [9.17, 15) is 0 Å². The Kier molecular flexibility index (Phi) is 2.10. The molecule has 3 saturated carbocycles. The highest BCUT2D eigenvalue weighted by Crippen LogP contribution is 2.72. The van der Waals surface area contributed by atoms with Crippen LogP contribution in [0.15, 0.2) is 4.42 Å². The second-order valence-corrected chi connectivity index (χ2v) is 5.83. The van der Waals surface area contributed by atoms with Crippen molar-refractivity contribution in [2.45, 2.75) is 38.6 Å². The molecule has 4 nitrogen and oxygen atoms in total. The number of nitrogens with one attached hydrogen (secondary N) is 1. The van der Waals surface area contributed by atoms with Gasteiger partial charge in [-0.25, -0.2) is 0 Å². The molecule has 17 heavy (non-hydrogen) atoms. The second-order valence-electron chi connectivity index (χ2n) is 5.83. The molecule has 0 aromatic carbocycles. The molecule has 3 aliphatic carbocycles. The predicted octanol–water partition coefficient (Wildman–Crippen LogP) is 1.94. The summed E-state index contributed by atoms with van der Waals surface area (Å²) < 4.78 is 5.79. The zero-order valence-electron chi connectivity index (χ0n) is 10.2. The molecule has 1 heterocycles. The molecule has 0 saturated heterocycles. The largest absolute Gasteiger partial charge is 0.424 e. The minimum atomic E-state index is 0.615. The molecule has 3 aliphatic rings. The number of nitrogens with zero attached hydrogens (tertiary/aromatic N) is 2. The predicted molar refractivity (Wildman–Crippen MR) is 62.2 cm³/mol. The molecule has 1 aromatic rings. The molecule has 3 fully saturated rings. The molecule has 0 amide bonds. The summed E-state index contributed by atoms with van der Waals surface area (Å²) in [7, 11) is 0. The van der Waals surface area contributed by atoms with Gasteiger partial charge in [0.05, 0.1) is 6.54 Å². The van der Waals surface area contributed by atoms with Crippen LogP contribution in [0.4, 0.5) is 0 Å². The maximum atomic E-state index is 5.79. The van der Waals surface area contributed by atoms with E-state index in [4.69, 9.17) is 4.42 Å². The maximum absolute atomic E-state index is 5.79. The van der Waals surface area contributed by atoms with E-state index in [2.05, 4.69) is 22.4 Å². The summed E-state index contributed by atoms with van der Waals surface area (Å²) in [6.45, 7) is 3.73. The van der Waals surface area contributed by atoms with E-state index >= 15 is 0 Å². The van der Waals surface area contributed by atoms with Crippen LogP contribution < -0.4 is 5.32 Å². The van der Waals surface area contributed by atoms with Gasteiger partial charge in [0.25, 0.3) is 0 Å². The first kappa shape index (κ1) is 10.1. The van der Waals surface area contributed by atoms with Crippen molar-refractivity contribution in [1.29, 1.82) is 0 Å². The van der Waals surface area contributed by atoms with Gasteiger partial charge >= 0.3 is 0 Å². The number of fused-ring (bicyclic) bond motifs is 5. The van der Waals surface area contributed by atoms with Gasteiger partial charge in [-0.05, 0) is 49.5 Å². The molecule has 92 valence electrons. The first-order valence-electron chi connectivity index (χ1n) is 6.91. The van der Waals surface area contributed by atoms with E-state index in [1.54, 1.807) is 0 Å². The summed E-state index contributed by atoms with van der Waals surface area (Å²) in [6.07, 6.45) is 4.37. The molecule has 0 aliphatic heterocycles. The average molecular weight is 233 g/mol. The van der Waals surface area contributed by atoms with Gasteiger partial charge in [-0.2, -0.15) is 0 Å². The lowest BCUT2D eigenvalue weighted by Crippen LogP contribution is -2.11. The summed E-state index contributed by atoms with van der Waals surface area (Å²) in [5.41, 5.74) is 0. The Labute approximate surface area is 101 Å². The zero-order valence-corrected chi connectivity index (χ0v) is 10.2. The Hall–Kier alpha value is -0.900. The van der Waals surface area contributed by atoms with Crippen LogP contribution in [-0.2, 0) is 6.54 Å². The summed E-state index contributed by atoms with van der Waals surface area (Å²) in [5.74, 6) is 6.01. The fourth-order valence-electron chi connectivity index (χ4n) is 4.36. The molecule has 0 spiro atoms. The topological polar surface area (TPSA) is 51.0 Å². The third-order valence-electron chi connectivity index (χ3n) is 5.03. The van der Waals surface area contributed by atoms with Gasteiger partial charge in [0.1, 0.15) is 0 Å². The van der Waals surface area contributed by atoms with Crippen LogP contribution >= 0.6 is 0 Å². The van der Waals surface area contributed by atoms with Crippen molar-refractivity contribution in [3.63, 3.8) is 0 Å². The van der Waals surface area contributed by atoms with Crippen molar-refractivity contribution in [2.75, 3.05) is 6.54 Å². The van der Waals surface area contributed by atoms with Crippen molar-refractivity contribution in [1.82, 2.24) is 15.5 Å². The van der Waals surface area contributed by atoms with E-state index in [0.717, 1.165) is 42.0 Å². The van der Waals surface area contributed by atoms with E-state index < -0.39 is 0 Å². The maximum Gasteiger partial charge on any atom is 0.230 e. The van der Waals surface area contributed by atoms with E-state index in [0.29, 0.717) is 12.5 Å². The Balaban J connectivity index is 1.48. The monoisotopic (exact) mass is 233 g/mol. The Morgan fingerprint density at radius 2 is 2.00 bits per heavy atom. The van der Waals surface area contributed by atoms with Crippen molar-refractivity contribution < 1.29 is 4.42 Å². The molecule has 4 heteroatoms. The van der Waals surface area contributed by atoms with Gasteiger partial charge in [0.2, 0.25) is 11.8 Å². The summed E-state index contributed by atoms with van der Waals surface area (Å²) in [6, 6.07) is 0. The molecule has 4 unspecified atom stereocenters. The van der Waals surface area contributed by atoms with E-state index in [1.165, 1.54) is 19.3 Å². The quantitative estimate of drug-likeness (QED) is 0.863. The van der Waals surface area contributed by atoms with Crippen molar-refractivity contribution >= 4 is 0 Å². The van der Waals surface area contributed by atoms with Crippen LogP contribution in [0.25, 0.3) is 0 Å². The lowest BCUT2D eigenvalue weighted by atomic mass is 10.0. The molecule has 1 aromatic heterocycles. The zero-order chi connectivity index (χ0) is 11.4. The Morgan fingerprint density at radius 1 is 1.24 bits per heavy atom. The number of hydrogen-bond donors (Lipinski definition) is 1. The first-order chi connectivity index (χ1) is 8.38.